The lowest BCUT2D eigenvalue weighted by Crippen LogP contribution is -2.23. The minimum absolute atomic E-state index is 0.282. The van der Waals surface area contributed by atoms with E-state index in [0.29, 0.717) is 0 Å². The highest BCUT2D eigenvalue weighted by atomic mass is 16.6. The average molecular weight is 138 g/mol. The van der Waals surface area contributed by atoms with E-state index in [1.165, 1.54) is 6.08 Å². The summed E-state index contributed by atoms with van der Waals surface area (Å²) in [6.07, 6.45) is 6.74. The molecule has 1 aliphatic rings. The van der Waals surface area contributed by atoms with Gasteiger partial charge in [0.2, 0.25) is 0 Å². The molecule has 54 valence electrons. The Kier molecular flexibility index (Phi) is 1.62. The molecule has 0 N–H and O–H groups in total. The molecule has 0 amide bonds. The topological polar surface area (TPSA) is 26.3 Å². The number of cyclic esters (lactones) is 1. The van der Waals surface area contributed by atoms with Crippen LogP contribution in [0.15, 0.2) is 24.3 Å². The van der Waals surface area contributed by atoms with Gasteiger partial charge in [-0.15, -0.1) is 0 Å². The Labute approximate surface area is 60.2 Å². The van der Waals surface area contributed by atoms with Gasteiger partial charge in [0.25, 0.3) is 0 Å². The molecule has 0 fully saturated rings. The van der Waals surface area contributed by atoms with Gasteiger partial charge in [-0.05, 0) is 19.9 Å². The Bertz CT molecular complexity index is 199. The number of hydrogen-bond donors (Lipinski definition) is 0. The summed E-state index contributed by atoms with van der Waals surface area (Å²) in [5.41, 5.74) is -0.458. The second-order valence-electron chi connectivity index (χ2n) is 2.74. The summed E-state index contributed by atoms with van der Waals surface area (Å²) < 4.78 is 4.99. The Morgan fingerprint density at radius 3 is 2.80 bits per heavy atom. The maximum absolute atomic E-state index is 10.7. The summed E-state index contributed by atoms with van der Waals surface area (Å²) in [5, 5.41) is 0. The molecule has 0 spiro atoms. The van der Waals surface area contributed by atoms with E-state index in [-0.39, 0.29) is 5.97 Å². The van der Waals surface area contributed by atoms with E-state index in [1.807, 2.05) is 26.0 Å². The molecule has 0 aromatic rings. The summed E-state index contributed by atoms with van der Waals surface area (Å²) in [4.78, 5) is 10.7. The van der Waals surface area contributed by atoms with Crippen molar-refractivity contribution in [2.24, 2.45) is 0 Å². The molecule has 0 aromatic carbocycles. The maximum atomic E-state index is 10.7. The fraction of sp³-hybridized carbons (Fsp3) is 0.375. The van der Waals surface area contributed by atoms with Crippen molar-refractivity contribution in [1.82, 2.24) is 0 Å². The zero-order valence-corrected chi connectivity index (χ0v) is 6.13. The lowest BCUT2D eigenvalue weighted by atomic mass is 10.1. The second-order valence-corrected chi connectivity index (χ2v) is 2.74. The molecule has 0 aromatic heterocycles. The number of hydrogen-bond acceptors (Lipinski definition) is 2. The van der Waals surface area contributed by atoms with Crippen molar-refractivity contribution < 1.29 is 9.53 Å². The van der Waals surface area contributed by atoms with Crippen molar-refractivity contribution in [1.29, 1.82) is 0 Å². The number of carbonyl (C=O) groups is 1. The van der Waals surface area contributed by atoms with Gasteiger partial charge in [-0.2, -0.15) is 0 Å². The Morgan fingerprint density at radius 2 is 2.10 bits per heavy atom. The van der Waals surface area contributed by atoms with Crippen molar-refractivity contribution >= 4 is 5.97 Å². The quantitative estimate of drug-likeness (QED) is 0.473. The van der Waals surface area contributed by atoms with Crippen LogP contribution in [0.5, 0.6) is 0 Å². The first-order valence-electron chi connectivity index (χ1n) is 3.19. The van der Waals surface area contributed by atoms with Gasteiger partial charge in [-0.3, -0.25) is 0 Å². The van der Waals surface area contributed by atoms with Gasteiger partial charge in [0.1, 0.15) is 5.60 Å². The van der Waals surface area contributed by atoms with E-state index in [2.05, 4.69) is 0 Å². The van der Waals surface area contributed by atoms with Crippen LogP contribution in [0.3, 0.4) is 0 Å². The maximum Gasteiger partial charge on any atom is 0.331 e. The standard InChI is InChI=1S/C8H10O2/c1-8(2)6-4-3-5-7(9)10-8/h3-6H,1-2H3. The highest BCUT2D eigenvalue weighted by Crippen LogP contribution is 2.13. The van der Waals surface area contributed by atoms with Crippen LogP contribution < -0.4 is 0 Å². The minimum Gasteiger partial charge on any atom is -0.452 e. The van der Waals surface area contributed by atoms with E-state index in [9.17, 15) is 4.79 Å². The minimum atomic E-state index is -0.458. The normalized spacial score (nSPS) is 22.0. The first-order chi connectivity index (χ1) is 4.60. The van der Waals surface area contributed by atoms with Crippen LogP contribution in [0.1, 0.15) is 13.8 Å². The molecule has 0 unspecified atom stereocenters. The van der Waals surface area contributed by atoms with Crippen LogP contribution in [0.4, 0.5) is 0 Å². The smallest absolute Gasteiger partial charge is 0.331 e. The lowest BCUT2D eigenvalue weighted by Gasteiger charge is -2.18. The van der Waals surface area contributed by atoms with Crippen LogP contribution in [-0.4, -0.2) is 11.6 Å². The molecule has 10 heavy (non-hydrogen) atoms. The third-order valence-corrected chi connectivity index (χ3v) is 1.20. The molecular weight excluding hydrogens is 128 g/mol. The van der Waals surface area contributed by atoms with Gasteiger partial charge in [-0.25, -0.2) is 4.79 Å². The van der Waals surface area contributed by atoms with Gasteiger partial charge < -0.3 is 4.74 Å². The number of rotatable bonds is 0. The van der Waals surface area contributed by atoms with Crippen molar-refractivity contribution in [2.75, 3.05) is 0 Å². The summed E-state index contributed by atoms with van der Waals surface area (Å²) >= 11 is 0. The van der Waals surface area contributed by atoms with Gasteiger partial charge >= 0.3 is 5.97 Å². The number of esters is 1. The molecule has 0 bridgehead atoms. The Hall–Kier alpha value is -1.05. The molecule has 0 aliphatic carbocycles. The largest absolute Gasteiger partial charge is 0.452 e. The van der Waals surface area contributed by atoms with Crippen molar-refractivity contribution in [3.63, 3.8) is 0 Å². The van der Waals surface area contributed by atoms with Crippen LogP contribution in [0, 0.1) is 0 Å². The van der Waals surface area contributed by atoms with E-state index in [4.69, 9.17) is 4.74 Å². The van der Waals surface area contributed by atoms with E-state index < -0.39 is 5.60 Å². The molecule has 1 heterocycles. The molecule has 0 radical (unpaired) electrons. The van der Waals surface area contributed by atoms with E-state index >= 15 is 0 Å². The Balaban J connectivity index is 2.79. The fourth-order valence-electron chi connectivity index (χ4n) is 0.749. The zero-order valence-electron chi connectivity index (χ0n) is 6.13. The zero-order chi connectivity index (χ0) is 7.61. The third-order valence-electron chi connectivity index (χ3n) is 1.20. The highest BCUT2D eigenvalue weighted by Gasteiger charge is 2.18. The summed E-state index contributed by atoms with van der Waals surface area (Å²) in [7, 11) is 0. The van der Waals surface area contributed by atoms with Crippen molar-refractivity contribution in [3.8, 4) is 0 Å². The summed E-state index contributed by atoms with van der Waals surface area (Å²) in [6.45, 7) is 3.68. The number of allylic oxidation sites excluding steroid dienone is 2. The Morgan fingerprint density at radius 1 is 1.40 bits per heavy atom. The second kappa shape index (κ2) is 2.29. The molecule has 2 nitrogen and oxygen atoms in total. The predicted molar refractivity (Wildman–Crippen MR) is 38.5 cm³/mol. The number of carbonyl (C=O) groups excluding carboxylic acids is 1. The van der Waals surface area contributed by atoms with E-state index in [0.717, 1.165) is 0 Å². The molecule has 0 saturated heterocycles. The van der Waals surface area contributed by atoms with E-state index in [1.54, 1.807) is 6.08 Å². The lowest BCUT2D eigenvalue weighted by molar-refractivity contribution is -0.146. The van der Waals surface area contributed by atoms with Crippen LogP contribution >= 0.6 is 0 Å². The van der Waals surface area contributed by atoms with Gasteiger partial charge in [0.05, 0.1) is 0 Å². The molecule has 1 rings (SSSR count). The van der Waals surface area contributed by atoms with Crippen LogP contribution in [0.2, 0.25) is 0 Å². The molecular formula is C8H10O2. The third kappa shape index (κ3) is 1.72. The monoisotopic (exact) mass is 138 g/mol. The summed E-state index contributed by atoms with van der Waals surface area (Å²) in [5.74, 6) is -0.282. The molecule has 2 heteroatoms. The molecule has 0 atom stereocenters. The van der Waals surface area contributed by atoms with Crippen molar-refractivity contribution in [3.05, 3.63) is 24.3 Å². The predicted octanol–water partition coefficient (Wildman–Crippen LogP) is 1.43. The average Bonchev–Trinajstić information content (AvgIpc) is 1.90. The van der Waals surface area contributed by atoms with Gasteiger partial charge in [0, 0.05) is 6.08 Å². The first-order valence-corrected chi connectivity index (χ1v) is 3.19. The van der Waals surface area contributed by atoms with Crippen LogP contribution in [-0.2, 0) is 9.53 Å². The first kappa shape index (κ1) is 7.06. The van der Waals surface area contributed by atoms with Gasteiger partial charge in [-0.1, -0.05) is 12.2 Å². The van der Waals surface area contributed by atoms with Crippen molar-refractivity contribution in [2.45, 2.75) is 19.4 Å². The fourth-order valence-corrected chi connectivity index (χ4v) is 0.749. The summed E-state index contributed by atoms with van der Waals surface area (Å²) in [6, 6.07) is 0. The molecule has 1 aliphatic heterocycles. The van der Waals surface area contributed by atoms with Gasteiger partial charge in [0.15, 0.2) is 0 Å². The highest BCUT2D eigenvalue weighted by molar-refractivity contribution is 5.83. The molecule has 0 saturated carbocycles. The number of ether oxygens (including phenoxy) is 1. The SMILES string of the molecule is CC1(C)C=CC=CC(=O)O1. The van der Waals surface area contributed by atoms with Crippen LogP contribution in [0.25, 0.3) is 0 Å².